The molecule has 0 aromatic heterocycles. The average molecular weight is 358 g/mol. The summed E-state index contributed by atoms with van der Waals surface area (Å²) in [4.78, 5) is 0.315. The Labute approximate surface area is 130 Å². The standard InChI is InChI=1S/C15H20BrNO2S/c1-4-5-6-11-17(12-14(3)16)20(18,19)15-9-7-13(2)8-10-15/h4,7-10H,1,3,5-6,11-12H2,2H3. The maximum absolute atomic E-state index is 12.6. The molecule has 0 amide bonds. The molecule has 0 aliphatic carbocycles. The van der Waals surface area contributed by atoms with Crippen LogP contribution in [-0.2, 0) is 10.0 Å². The Bertz CT molecular complexity index is 564. The molecule has 5 heteroatoms. The molecule has 0 radical (unpaired) electrons. The van der Waals surface area contributed by atoms with Gasteiger partial charge >= 0.3 is 0 Å². The first-order chi connectivity index (χ1) is 9.37. The molecule has 20 heavy (non-hydrogen) atoms. The summed E-state index contributed by atoms with van der Waals surface area (Å²) in [7, 11) is -3.49. The molecule has 0 aliphatic rings. The molecule has 0 saturated carbocycles. The maximum Gasteiger partial charge on any atom is 0.243 e. The molecule has 110 valence electrons. The van der Waals surface area contributed by atoms with Crippen LogP contribution in [0, 0.1) is 6.92 Å². The Hall–Kier alpha value is -0.910. The van der Waals surface area contributed by atoms with E-state index < -0.39 is 10.0 Å². The Morgan fingerprint density at radius 2 is 1.95 bits per heavy atom. The van der Waals surface area contributed by atoms with Crippen LogP contribution in [0.25, 0.3) is 0 Å². The number of aryl methyl sites for hydroxylation is 1. The summed E-state index contributed by atoms with van der Waals surface area (Å²) in [5.41, 5.74) is 1.03. The Balaban J connectivity index is 2.99. The van der Waals surface area contributed by atoms with E-state index in [1.165, 1.54) is 4.31 Å². The molecule has 0 aliphatic heterocycles. The first-order valence-electron chi connectivity index (χ1n) is 6.39. The highest BCUT2D eigenvalue weighted by Gasteiger charge is 2.23. The van der Waals surface area contributed by atoms with E-state index in [0.717, 1.165) is 18.4 Å². The summed E-state index contributed by atoms with van der Waals surface area (Å²) in [6.07, 6.45) is 3.32. The lowest BCUT2D eigenvalue weighted by Crippen LogP contribution is -2.33. The van der Waals surface area contributed by atoms with E-state index in [1.54, 1.807) is 30.3 Å². The van der Waals surface area contributed by atoms with Crippen LogP contribution >= 0.6 is 15.9 Å². The van der Waals surface area contributed by atoms with Gasteiger partial charge in [-0.05, 0) is 31.9 Å². The number of hydrogen-bond donors (Lipinski definition) is 0. The van der Waals surface area contributed by atoms with E-state index in [2.05, 4.69) is 29.1 Å². The van der Waals surface area contributed by atoms with Crippen molar-refractivity contribution < 1.29 is 8.42 Å². The number of halogens is 1. The molecular formula is C15H20BrNO2S. The van der Waals surface area contributed by atoms with Crippen LogP contribution < -0.4 is 0 Å². The second kappa shape index (κ2) is 7.76. The zero-order chi connectivity index (χ0) is 15.2. The molecule has 1 rings (SSSR count). The number of benzene rings is 1. The van der Waals surface area contributed by atoms with Crippen LogP contribution in [0.1, 0.15) is 18.4 Å². The molecule has 0 atom stereocenters. The summed E-state index contributed by atoms with van der Waals surface area (Å²) in [6, 6.07) is 6.89. The summed E-state index contributed by atoms with van der Waals surface area (Å²) >= 11 is 3.24. The molecule has 3 nitrogen and oxygen atoms in total. The molecule has 0 N–H and O–H groups in total. The van der Waals surface area contributed by atoms with Gasteiger partial charge in [-0.2, -0.15) is 4.31 Å². The van der Waals surface area contributed by atoms with Gasteiger partial charge in [0.1, 0.15) is 0 Å². The topological polar surface area (TPSA) is 37.4 Å². The van der Waals surface area contributed by atoms with Gasteiger partial charge in [0.2, 0.25) is 10.0 Å². The minimum Gasteiger partial charge on any atom is -0.207 e. The van der Waals surface area contributed by atoms with Gasteiger partial charge in [0.05, 0.1) is 4.90 Å². The van der Waals surface area contributed by atoms with Crippen LogP contribution in [0.4, 0.5) is 0 Å². The van der Waals surface area contributed by atoms with Crippen molar-refractivity contribution in [2.45, 2.75) is 24.7 Å². The zero-order valence-electron chi connectivity index (χ0n) is 11.7. The van der Waals surface area contributed by atoms with Crippen molar-refractivity contribution in [3.05, 3.63) is 53.5 Å². The third-order valence-electron chi connectivity index (χ3n) is 2.82. The normalized spacial score (nSPS) is 11.6. The van der Waals surface area contributed by atoms with Gasteiger partial charge in [0.25, 0.3) is 0 Å². The maximum atomic E-state index is 12.6. The van der Waals surface area contributed by atoms with Crippen molar-refractivity contribution in [1.82, 2.24) is 4.31 Å². The SMILES string of the molecule is C=CCCCN(CC(=C)Br)S(=O)(=O)c1ccc(C)cc1. The number of sulfonamides is 1. The highest BCUT2D eigenvalue weighted by Crippen LogP contribution is 2.19. The number of nitrogens with zero attached hydrogens (tertiary/aromatic N) is 1. The van der Waals surface area contributed by atoms with Gasteiger partial charge in [-0.25, -0.2) is 8.42 Å². The van der Waals surface area contributed by atoms with E-state index in [4.69, 9.17) is 0 Å². The van der Waals surface area contributed by atoms with E-state index in [9.17, 15) is 8.42 Å². The van der Waals surface area contributed by atoms with Crippen molar-refractivity contribution in [1.29, 1.82) is 0 Å². The van der Waals surface area contributed by atoms with Crippen LogP contribution in [0.2, 0.25) is 0 Å². The van der Waals surface area contributed by atoms with Crippen LogP contribution in [0.3, 0.4) is 0 Å². The molecule has 0 bridgehead atoms. The molecule has 0 heterocycles. The lowest BCUT2D eigenvalue weighted by atomic mass is 10.2. The van der Waals surface area contributed by atoms with Gasteiger partial charge < -0.3 is 0 Å². The third kappa shape index (κ3) is 4.89. The predicted molar refractivity (Wildman–Crippen MR) is 87.4 cm³/mol. The molecule has 0 fully saturated rings. The molecule has 0 unspecified atom stereocenters. The lowest BCUT2D eigenvalue weighted by molar-refractivity contribution is 0.434. The number of rotatable bonds is 8. The van der Waals surface area contributed by atoms with Crippen molar-refractivity contribution in [3.63, 3.8) is 0 Å². The van der Waals surface area contributed by atoms with Crippen molar-refractivity contribution in [2.75, 3.05) is 13.1 Å². The smallest absolute Gasteiger partial charge is 0.207 e. The Morgan fingerprint density at radius 3 is 2.45 bits per heavy atom. The van der Waals surface area contributed by atoms with Crippen molar-refractivity contribution in [3.8, 4) is 0 Å². The number of unbranched alkanes of at least 4 members (excludes halogenated alkanes) is 1. The van der Waals surface area contributed by atoms with Crippen LogP contribution in [0.15, 0.2) is 52.9 Å². The monoisotopic (exact) mass is 357 g/mol. The molecule has 1 aromatic rings. The quantitative estimate of drug-likeness (QED) is 0.523. The third-order valence-corrected chi connectivity index (χ3v) is 4.93. The zero-order valence-corrected chi connectivity index (χ0v) is 14.1. The van der Waals surface area contributed by atoms with Crippen LogP contribution in [-0.4, -0.2) is 25.8 Å². The van der Waals surface area contributed by atoms with Gasteiger partial charge in [-0.3, -0.25) is 0 Å². The molecule has 0 saturated heterocycles. The molecule has 1 aromatic carbocycles. The Morgan fingerprint density at radius 1 is 1.35 bits per heavy atom. The first-order valence-corrected chi connectivity index (χ1v) is 8.62. The minimum atomic E-state index is -3.49. The van der Waals surface area contributed by atoms with Crippen molar-refractivity contribution in [2.24, 2.45) is 0 Å². The fraction of sp³-hybridized carbons (Fsp3) is 0.333. The van der Waals surface area contributed by atoms with E-state index >= 15 is 0 Å². The number of hydrogen-bond acceptors (Lipinski definition) is 2. The van der Waals surface area contributed by atoms with Gasteiger partial charge in [-0.15, -0.1) is 6.58 Å². The summed E-state index contributed by atoms with van der Waals surface area (Å²) in [5, 5.41) is 0. The largest absolute Gasteiger partial charge is 0.243 e. The van der Waals surface area contributed by atoms with E-state index in [0.29, 0.717) is 15.9 Å². The van der Waals surface area contributed by atoms with Crippen molar-refractivity contribution >= 4 is 26.0 Å². The highest BCUT2D eigenvalue weighted by atomic mass is 79.9. The summed E-state index contributed by atoms with van der Waals surface area (Å²) < 4.78 is 27.3. The highest BCUT2D eigenvalue weighted by molar-refractivity contribution is 9.11. The lowest BCUT2D eigenvalue weighted by Gasteiger charge is -2.21. The summed E-state index contributed by atoms with van der Waals surface area (Å²) in [5.74, 6) is 0. The predicted octanol–water partition coefficient (Wildman–Crippen LogP) is 3.86. The van der Waals surface area contributed by atoms with Gasteiger partial charge in [0, 0.05) is 17.6 Å². The fourth-order valence-electron chi connectivity index (χ4n) is 1.75. The van der Waals surface area contributed by atoms with Gasteiger partial charge in [0.15, 0.2) is 0 Å². The summed E-state index contributed by atoms with van der Waals surface area (Å²) in [6.45, 7) is 10.0. The molecule has 0 spiro atoms. The fourth-order valence-corrected chi connectivity index (χ4v) is 3.69. The van der Waals surface area contributed by atoms with Gasteiger partial charge in [-0.1, -0.05) is 46.3 Å². The minimum absolute atomic E-state index is 0.271. The Kier molecular flexibility index (Phi) is 6.65. The second-order valence-electron chi connectivity index (χ2n) is 4.60. The average Bonchev–Trinajstić information content (AvgIpc) is 2.38. The molecular weight excluding hydrogens is 338 g/mol. The first kappa shape index (κ1) is 17.1. The van der Waals surface area contributed by atoms with E-state index in [-0.39, 0.29) is 6.54 Å². The van der Waals surface area contributed by atoms with E-state index in [1.807, 2.05) is 6.92 Å². The van der Waals surface area contributed by atoms with Crippen LogP contribution in [0.5, 0.6) is 0 Å². The second-order valence-corrected chi connectivity index (χ2v) is 7.66. The number of allylic oxidation sites excluding steroid dienone is 1.